The van der Waals surface area contributed by atoms with Gasteiger partial charge in [-0.15, -0.1) is 0 Å². The van der Waals surface area contributed by atoms with Crippen LogP contribution in [0.4, 0.5) is 5.69 Å². The van der Waals surface area contributed by atoms with Crippen LogP contribution in [0.25, 0.3) is 0 Å². The van der Waals surface area contributed by atoms with Crippen molar-refractivity contribution in [2.24, 2.45) is 0 Å². The fourth-order valence-corrected chi connectivity index (χ4v) is 2.48. The molecule has 0 aliphatic heterocycles. The first-order valence-electron chi connectivity index (χ1n) is 6.26. The summed E-state index contributed by atoms with van der Waals surface area (Å²) in [5.74, 6) is 0. The fraction of sp³-hybridized carbons (Fsp3) is 0.538. The van der Waals surface area contributed by atoms with Crippen molar-refractivity contribution in [3.63, 3.8) is 0 Å². The Kier molecular flexibility index (Phi) is 3.93. The highest BCUT2D eigenvalue weighted by Crippen LogP contribution is 2.28. The van der Waals surface area contributed by atoms with Gasteiger partial charge in [0.05, 0.1) is 10.5 Å². The quantitative estimate of drug-likeness (QED) is 0.619. The van der Waals surface area contributed by atoms with E-state index in [9.17, 15) is 15.2 Å². The molecule has 1 aromatic rings. The summed E-state index contributed by atoms with van der Waals surface area (Å²) in [5.41, 5.74) is 0.163. The van der Waals surface area contributed by atoms with Crippen LogP contribution in [-0.2, 0) is 6.54 Å². The Morgan fingerprint density at radius 1 is 1.33 bits per heavy atom. The van der Waals surface area contributed by atoms with E-state index in [2.05, 4.69) is 5.32 Å². The van der Waals surface area contributed by atoms with Gasteiger partial charge in [0.15, 0.2) is 0 Å². The second-order valence-electron chi connectivity index (χ2n) is 4.92. The SMILES string of the molecule is O=[N+]([O-])c1ccccc1CNCC1(O)CCCC1. The maximum Gasteiger partial charge on any atom is 0.273 e. The molecular weight excluding hydrogens is 232 g/mol. The monoisotopic (exact) mass is 250 g/mol. The number of benzene rings is 1. The highest BCUT2D eigenvalue weighted by Gasteiger charge is 2.30. The van der Waals surface area contributed by atoms with E-state index in [1.54, 1.807) is 18.2 Å². The molecule has 2 N–H and O–H groups in total. The molecule has 5 heteroatoms. The van der Waals surface area contributed by atoms with Crippen LogP contribution in [0.5, 0.6) is 0 Å². The predicted octanol–water partition coefficient (Wildman–Crippen LogP) is 1.99. The molecular formula is C13H18N2O3. The van der Waals surface area contributed by atoms with Gasteiger partial charge in [0.2, 0.25) is 0 Å². The largest absolute Gasteiger partial charge is 0.389 e. The molecule has 2 rings (SSSR count). The molecule has 1 aliphatic carbocycles. The summed E-state index contributed by atoms with van der Waals surface area (Å²) in [7, 11) is 0. The first-order valence-corrected chi connectivity index (χ1v) is 6.26. The minimum Gasteiger partial charge on any atom is -0.389 e. The molecule has 18 heavy (non-hydrogen) atoms. The van der Waals surface area contributed by atoms with Crippen molar-refractivity contribution in [1.29, 1.82) is 0 Å². The number of nitrogens with zero attached hydrogens (tertiary/aromatic N) is 1. The maximum absolute atomic E-state index is 10.8. The van der Waals surface area contributed by atoms with E-state index in [0.717, 1.165) is 25.7 Å². The van der Waals surface area contributed by atoms with Crippen molar-refractivity contribution in [2.45, 2.75) is 37.8 Å². The molecule has 0 radical (unpaired) electrons. The van der Waals surface area contributed by atoms with Crippen LogP contribution < -0.4 is 5.32 Å². The van der Waals surface area contributed by atoms with Gasteiger partial charge in [0, 0.05) is 24.7 Å². The van der Waals surface area contributed by atoms with Gasteiger partial charge in [0.25, 0.3) is 5.69 Å². The van der Waals surface area contributed by atoms with E-state index in [1.807, 2.05) is 0 Å². The van der Waals surface area contributed by atoms with Crippen LogP contribution in [-0.4, -0.2) is 22.2 Å². The zero-order valence-electron chi connectivity index (χ0n) is 10.3. The van der Waals surface area contributed by atoms with Gasteiger partial charge in [-0.25, -0.2) is 0 Å². The predicted molar refractivity (Wildman–Crippen MR) is 68.2 cm³/mol. The van der Waals surface area contributed by atoms with Crippen LogP contribution in [0.3, 0.4) is 0 Å². The number of nitrogens with one attached hydrogen (secondary N) is 1. The van der Waals surface area contributed by atoms with Crippen molar-refractivity contribution in [2.75, 3.05) is 6.54 Å². The molecule has 1 fully saturated rings. The summed E-state index contributed by atoms with van der Waals surface area (Å²) < 4.78 is 0. The molecule has 0 atom stereocenters. The zero-order chi connectivity index (χ0) is 13.0. The van der Waals surface area contributed by atoms with Crippen LogP contribution in [0, 0.1) is 10.1 Å². The number of para-hydroxylation sites is 1. The number of rotatable bonds is 5. The molecule has 0 saturated heterocycles. The van der Waals surface area contributed by atoms with E-state index in [0.29, 0.717) is 18.7 Å². The summed E-state index contributed by atoms with van der Waals surface area (Å²) >= 11 is 0. The summed E-state index contributed by atoms with van der Waals surface area (Å²) in [6.07, 6.45) is 3.75. The van der Waals surface area contributed by atoms with Crippen LogP contribution in [0.15, 0.2) is 24.3 Å². The second-order valence-corrected chi connectivity index (χ2v) is 4.92. The van der Waals surface area contributed by atoms with E-state index in [4.69, 9.17) is 0 Å². The molecule has 0 unspecified atom stereocenters. The van der Waals surface area contributed by atoms with Crippen LogP contribution in [0.1, 0.15) is 31.2 Å². The molecule has 0 aromatic heterocycles. The van der Waals surface area contributed by atoms with Crippen molar-refractivity contribution < 1.29 is 10.0 Å². The van der Waals surface area contributed by atoms with E-state index < -0.39 is 5.60 Å². The Morgan fingerprint density at radius 3 is 2.67 bits per heavy atom. The lowest BCUT2D eigenvalue weighted by atomic mass is 10.0. The highest BCUT2D eigenvalue weighted by atomic mass is 16.6. The van der Waals surface area contributed by atoms with Gasteiger partial charge in [0.1, 0.15) is 0 Å². The average Bonchev–Trinajstić information content (AvgIpc) is 2.77. The third kappa shape index (κ3) is 3.05. The van der Waals surface area contributed by atoms with E-state index in [-0.39, 0.29) is 10.6 Å². The standard InChI is InChI=1S/C13H18N2O3/c16-13(7-3-4-8-13)10-14-9-11-5-1-2-6-12(11)15(17)18/h1-2,5-6,14,16H,3-4,7-10H2. The Hall–Kier alpha value is -1.46. The number of nitro benzene ring substituents is 1. The minimum atomic E-state index is -0.621. The van der Waals surface area contributed by atoms with Crippen LogP contribution in [0.2, 0.25) is 0 Å². The van der Waals surface area contributed by atoms with Crippen molar-refractivity contribution in [1.82, 2.24) is 5.32 Å². The third-order valence-corrected chi connectivity index (χ3v) is 3.49. The molecule has 1 aliphatic rings. The Morgan fingerprint density at radius 2 is 2.00 bits per heavy atom. The highest BCUT2D eigenvalue weighted by molar-refractivity contribution is 5.39. The van der Waals surface area contributed by atoms with Gasteiger partial charge in [-0.1, -0.05) is 31.0 Å². The summed E-state index contributed by atoms with van der Waals surface area (Å²) in [4.78, 5) is 10.5. The zero-order valence-corrected chi connectivity index (χ0v) is 10.3. The fourth-order valence-electron chi connectivity index (χ4n) is 2.48. The molecule has 5 nitrogen and oxygen atoms in total. The normalized spacial score (nSPS) is 17.8. The summed E-state index contributed by atoms with van der Waals surface area (Å²) in [6, 6.07) is 6.69. The van der Waals surface area contributed by atoms with E-state index >= 15 is 0 Å². The average molecular weight is 250 g/mol. The summed E-state index contributed by atoms with van der Waals surface area (Å²) in [5, 5.41) is 24.1. The number of aliphatic hydroxyl groups is 1. The Bertz CT molecular complexity index is 428. The molecule has 0 bridgehead atoms. The van der Waals surface area contributed by atoms with E-state index in [1.165, 1.54) is 6.07 Å². The van der Waals surface area contributed by atoms with Crippen molar-refractivity contribution in [3.05, 3.63) is 39.9 Å². The molecule has 0 heterocycles. The Labute approximate surface area is 106 Å². The number of hydrogen-bond acceptors (Lipinski definition) is 4. The van der Waals surface area contributed by atoms with Gasteiger partial charge >= 0.3 is 0 Å². The van der Waals surface area contributed by atoms with Crippen molar-refractivity contribution in [3.8, 4) is 0 Å². The van der Waals surface area contributed by atoms with Gasteiger partial charge in [-0.05, 0) is 12.8 Å². The van der Waals surface area contributed by atoms with Gasteiger partial charge in [-0.2, -0.15) is 0 Å². The smallest absolute Gasteiger partial charge is 0.273 e. The third-order valence-electron chi connectivity index (χ3n) is 3.49. The topological polar surface area (TPSA) is 75.4 Å². The van der Waals surface area contributed by atoms with Gasteiger partial charge in [-0.3, -0.25) is 10.1 Å². The number of nitro groups is 1. The molecule has 0 amide bonds. The first-order chi connectivity index (χ1) is 8.61. The Balaban J connectivity index is 1.92. The van der Waals surface area contributed by atoms with Crippen molar-refractivity contribution >= 4 is 5.69 Å². The number of hydrogen-bond donors (Lipinski definition) is 2. The van der Waals surface area contributed by atoms with Crippen LogP contribution >= 0.6 is 0 Å². The lowest BCUT2D eigenvalue weighted by Gasteiger charge is -2.22. The second kappa shape index (κ2) is 5.46. The molecule has 1 aromatic carbocycles. The lowest BCUT2D eigenvalue weighted by Crippen LogP contribution is -2.37. The molecule has 0 spiro atoms. The molecule has 98 valence electrons. The first kappa shape index (κ1) is 13.0. The molecule has 1 saturated carbocycles. The minimum absolute atomic E-state index is 0.128. The maximum atomic E-state index is 10.8. The summed E-state index contributed by atoms with van der Waals surface area (Å²) in [6.45, 7) is 0.915. The van der Waals surface area contributed by atoms with Gasteiger partial charge < -0.3 is 10.4 Å². The lowest BCUT2D eigenvalue weighted by molar-refractivity contribution is -0.385.